The summed E-state index contributed by atoms with van der Waals surface area (Å²) in [7, 11) is 1.42. The zero-order valence-corrected chi connectivity index (χ0v) is 11.7. The van der Waals surface area contributed by atoms with Crippen LogP contribution in [0.25, 0.3) is 0 Å². The topological polar surface area (TPSA) is 56.2 Å². The summed E-state index contributed by atoms with van der Waals surface area (Å²) in [6.45, 7) is 7.42. The minimum atomic E-state index is -0.640. The number of aryl methyl sites for hydroxylation is 2. The summed E-state index contributed by atoms with van der Waals surface area (Å²) in [5.74, 6) is 0.821. The van der Waals surface area contributed by atoms with Gasteiger partial charge in [0.15, 0.2) is 0 Å². The predicted molar refractivity (Wildman–Crippen MR) is 70.3 cm³/mol. The number of carbonyl (C=O) groups excluding carboxylic acids is 1. The summed E-state index contributed by atoms with van der Waals surface area (Å²) in [4.78, 5) is 16.1. The molecular formula is C13H23N3O2. The highest BCUT2D eigenvalue weighted by atomic mass is 16.5. The Labute approximate surface area is 109 Å². The lowest BCUT2D eigenvalue weighted by Gasteiger charge is -2.27. The van der Waals surface area contributed by atoms with E-state index in [1.165, 1.54) is 7.11 Å². The van der Waals surface area contributed by atoms with Gasteiger partial charge in [-0.25, -0.2) is 4.98 Å². The molecule has 1 heterocycles. The zero-order valence-electron chi connectivity index (χ0n) is 11.7. The number of esters is 1. The van der Waals surface area contributed by atoms with Gasteiger partial charge in [0, 0.05) is 25.4 Å². The van der Waals surface area contributed by atoms with Crippen molar-refractivity contribution in [2.75, 3.05) is 13.7 Å². The van der Waals surface area contributed by atoms with Crippen molar-refractivity contribution in [3.63, 3.8) is 0 Å². The van der Waals surface area contributed by atoms with Crippen LogP contribution in [0.15, 0.2) is 12.4 Å². The maximum absolute atomic E-state index is 11.8. The van der Waals surface area contributed by atoms with Gasteiger partial charge in [-0.2, -0.15) is 0 Å². The molecule has 0 aliphatic heterocycles. The van der Waals surface area contributed by atoms with E-state index in [0.29, 0.717) is 6.42 Å². The van der Waals surface area contributed by atoms with Gasteiger partial charge in [0.1, 0.15) is 11.4 Å². The normalized spacial score (nSPS) is 14.2. The Hall–Kier alpha value is -1.36. The molecule has 0 aromatic carbocycles. The molecule has 0 radical (unpaired) electrons. The molecule has 0 spiro atoms. The highest BCUT2D eigenvalue weighted by Crippen LogP contribution is 2.14. The summed E-state index contributed by atoms with van der Waals surface area (Å²) < 4.78 is 6.95. The van der Waals surface area contributed by atoms with Crippen LogP contribution in [0.4, 0.5) is 0 Å². The molecule has 0 aliphatic carbocycles. The van der Waals surface area contributed by atoms with Crippen LogP contribution in [-0.2, 0) is 22.5 Å². The fourth-order valence-electron chi connectivity index (χ4n) is 2.08. The van der Waals surface area contributed by atoms with Crippen molar-refractivity contribution in [2.24, 2.45) is 0 Å². The summed E-state index contributed by atoms with van der Waals surface area (Å²) in [5.41, 5.74) is -0.640. The van der Waals surface area contributed by atoms with Crippen LogP contribution in [0.3, 0.4) is 0 Å². The van der Waals surface area contributed by atoms with Crippen molar-refractivity contribution in [2.45, 2.75) is 45.7 Å². The molecule has 5 heteroatoms. The van der Waals surface area contributed by atoms with E-state index in [1.54, 1.807) is 6.20 Å². The van der Waals surface area contributed by atoms with Gasteiger partial charge in [0.05, 0.1) is 7.11 Å². The number of hydrogen-bond donors (Lipinski definition) is 1. The lowest BCUT2D eigenvalue weighted by molar-refractivity contribution is -0.148. The number of likely N-dealkylation sites (N-methyl/N-ethyl adjacent to an activating group) is 1. The molecule has 0 aliphatic rings. The van der Waals surface area contributed by atoms with E-state index < -0.39 is 5.54 Å². The van der Waals surface area contributed by atoms with Gasteiger partial charge in [0.2, 0.25) is 0 Å². The van der Waals surface area contributed by atoms with Gasteiger partial charge in [0.25, 0.3) is 0 Å². The molecule has 5 nitrogen and oxygen atoms in total. The number of carbonyl (C=O) groups is 1. The van der Waals surface area contributed by atoms with Crippen molar-refractivity contribution < 1.29 is 9.53 Å². The predicted octanol–water partition coefficient (Wildman–Crippen LogP) is 1.38. The van der Waals surface area contributed by atoms with Crippen LogP contribution in [-0.4, -0.2) is 34.7 Å². The number of ether oxygens (including phenoxy) is 1. The van der Waals surface area contributed by atoms with E-state index in [1.807, 2.05) is 20.0 Å². The monoisotopic (exact) mass is 253 g/mol. The van der Waals surface area contributed by atoms with Crippen LogP contribution < -0.4 is 5.32 Å². The van der Waals surface area contributed by atoms with E-state index in [-0.39, 0.29) is 5.97 Å². The van der Waals surface area contributed by atoms with Gasteiger partial charge in [-0.3, -0.25) is 4.79 Å². The highest BCUT2D eigenvalue weighted by molar-refractivity contribution is 5.80. The lowest BCUT2D eigenvalue weighted by Crippen LogP contribution is -2.50. The van der Waals surface area contributed by atoms with Crippen molar-refractivity contribution in [1.82, 2.24) is 14.9 Å². The first-order chi connectivity index (χ1) is 8.57. The standard InChI is InChI=1S/C13H23N3O2/c1-5-11-14-8-10-16(11)9-7-13(3,15-6-2)12(17)18-4/h8,10,15H,5-7,9H2,1-4H3. The first-order valence-electron chi connectivity index (χ1n) is 6.40. The van der Waals surface area contributed by atoms with Crippen LogP contribution in [0, 0.1) is 0 Å². The second-order valence-corrected chi connectivity index (χ2v) is 4.49. The second kappa shape index (κ2) is 6.54. The van der Waals surface area contributed by atoms with Crippen molar-refractivity contribution in [3.8, 4) is 0 Å². The lowest BCUT2D eigenvalue weighted by atomic mass is 9.98. The SMILES string of the molecule is CCNC(C)(CCn1ccnc1CC)C(=O)OC. The Kier molecular flexibility index (Phi) is 5.34. The average Bonchev–Trinajstić information content (AvgIpc) is 2.83. The van der Waals surface area contributed by atoms with E-state index in [0.717, 1.165) is 25.3 Å². The molecule has 1 rings (SSSR count). The third-order valence-corrected chi connectivity index (χ3v) is 3.17. The molecule has 0 saturated carbocycles. The molecule has 0 amide bonds. The smallest absolute Gasteiger partial charge is 0.325 e. The maximum Gasteiger partial charge on any atom is 0.325 e. The minimum absolute atomic E-state index is 0.220. The number of methoxy groups -OCH3 is 1. The Morgan fingerprint density at radius 1 is 1.56 bits per heavy atom. The van der Waals surface area contributed by atoms with E-state index in [2.05, 4.69) is 21.8 Å². The van der Waals surface area contributed by atoms with Crippen LogP contribution in [0.5, 0.6) is 0 Å². The van der Waals surface area contributed by atoms with Gasteiger partial charge < -0.3 is 14.6 Å². The summed E-state index contributed by atoms with van der Waals surface area (Å²) in [6.07, 6.45) is 5.31. The summed E-state index contributed by atoms with van der Waals surface area (Å²) >= 11 is 0. The molecule has 1 aromatic rings. The van der Waals surface area contributed by atoms with Crippen LogP contribution in [0.2, 0.25) is 0 Å². The largest absolute Gasteiger partial charge is 0.468 e. The van der Waals surface area contributed by atoms with Gasteiger partial charge in [-0.1, -0.05) is 13.8 Å². The molecule has 102 valence electrons. The highest BCUT2D eigenvalue weighted by Gasteiger charge is 2.33. The van der Waals surface area contributed by atoms with Gasteiger partial charge >= 0.3 is 5.97 Å². The summed E-state index contributed by atoms with van der Waals surface area (Å²) in [5, 5.41) is 3.20. The Morgan fingerprint density at radius 2 is 2.28 bits per heavy atom. The molecule has 0 fully saturated rings. The Morgan fingerprint density at radius 3 is 2.83 bits per heavy atom. The van der Waals surface area contributed by atoms with Crippen LogP contribution in [0.1, 0.15) is 33.0 Å². The number of aromatic nitrogens is 2. The third-order valence-electron chi connectivity index (χ3n) is 3.17. The van der Waals surface area contributed by atoms with Crippen molar-refractivity contribution >= 4 is 5.97 Å². The minimum Gasteiger partial charge on any atom is -0.468 e. The number of rotatable bonds is 7. The first kappa shape index (κ1) is 14.7. The number of imidazole rings is 1. The maximum atomic E-state index is 11.8. The third kappa shape index (κ3) is 3.32. The second-order valence-electron chi connectivity index (χ2n) is 4.49. The molecule has 1 atom stereocenters. The fourth-order valence-corrected chi connectivity index (χ4v) is 2.08. The van der Waals surface area contributed by atoms with E-state index in [9.17, 15) is 4.79 Å². The van der Waals surface area contributed by atoms with Gasteiger partial charge in [-0.05, 0) is 19.9 Å². The quantitative estimate of drug-likeness (QED) is 0.746. The van der Waals surface area contributed by atoms with E-state index >= 15 is 0 Å². The molecule has 0 saturated heterocycles. The first-order valence-corrected chi connectivity index (χ1v) is 6.40. The number of nitrogens with one attached hydrogen (secondary N) is 1. The molecular weight excluding hydrogens is 230 g/mol. The zero-order chi connectivity index (χ0) is 13.6. The molecule has 18 heavy (non-hydrogen) atoms. The van der Waals surface area contributed by atoms with Crippen molar-refractivity contribution in [3.05, 3.63) is 18.2 Å². The fraction of sp³-hybridized carbons (Fsp3) is 0.692. The molecule has 1 aromatic heterocycles. The Balaban J connectivity index is 2.71. The summed E-state index contributed by atoms with van der Waals surface area (Å²) in [6, 6.07) is 0. The average molecular weight is 253 g/mol. The van der Waals surface area contributed by atoms with Crippen LogP contribution >= 0.6 is 0 Å². The van der Waals surface area contributed by atoms with Gasteiger partial charge in [-0.15, -0.1) is 0 Å². The number of hydrogen-bond acceptors (Lipinski definition) is 4. The molecule has 1 N–H and O–H groups in total. The Bertz CT molecular complexity index is 389. The molecule has 0 bridgehead atoms. The van der Waals surface area contributed by atoms with Crippen molar-refractivity contribution in [1.29, 1.82) is 0 Å². The molecule has 1 unspecified atom stereocenters. The number of nitrogens with zero attached hydrogens (tertiary/aromatic N) is 2. The van der Waals surface area contributed by atoms with E-state index in [4.69, 9.17) is 4.74 Å².